The van der Waals surface area contributed by atoms with Crippen LogP contribution in [-0.4, -0.2) is 21.7 Å². The molecule has 1 aromatic heterocycles. The van der Waals surface area contributed by atoms with Crippen LogP contribution < -0.4 is 0 Å². The largest absolute Gasteiger partial charge is 0.450 e. The van der Waals surface area contributed by atoms with Gasteiger partial charge in [-0.15, -0.1) is 6.58 Å². The first-order chi connectivity index (χ1) is 8.11. The third kappa shape index (κ3) is 2.70. The van der Waals surface area contributed by atoms with Crippen LogP contribution in [0.25, 0.3) is 6.08 Å². The smallest absolute Gasteiger partial charge is 0.266 e. The first-order valence-corrected chi connectivity index (χ1v) is 6.75. The number of nitrogens with zero attached hydrogens (tertiary/aromatic N) is 1. The van der Waals surface area contributed by atoms with Gasteiger partial charge in [-0.2, -0.15) is 0 Å². The van der Waals surface area contributed by atoms with Gasteiger partial charge in [0.2, 0.25) is 0 Å². The molecule has 0 N–H and O–H groups in total. The van der Waals surface area contributed by atoms with Crippen molar-refractivity contribution < 1.29 is 9.21 Å². The molecule has 1 amide bonds. The summed E-state index contributed by atoms with van der Waals surface area (Å²) in [6, 6.07) is 3.56. The minimum absolute atomic E-state index is 0.104. The molecule has 1 aromatic rings. The average molecular weight is 330 g/mol. The highest BCUT2D eigenvalue weighted by atomic mass is 79.9. The van der Waals surface area contributed by atoms with Crippen LogP contribution in [0.2, 0.25) is 0 Å². The van der Waals surface area contributed by atoms with Gasteiger partial charge in [0.15, 0.2) is 4.67 Å². The van der Waals surface area contributed by atoms with Crippen molar-refractivity contribution in [1.29, 1.82) is 0 Å². The lowest BCUT2D eigenvalue weighted by atomic mass is 10.3. The Morgan fingerprint density at radius 3 is 2.94 bits per heavy atom. The fourth-order valence-corrected chi connectivity index (χ4v) is 2.90. The Bertz CT molecular complexity index is 521. The summed E-state index contributed by atoms with van der Waals surface area (Å²) in [7, 11) is 0. The molecule has 0 spiro atoms. The fourth-order valence-electron chi connectivity index (χ4n) is 1.32. The van der Waals surface area contributed by atoms with Gasteiger partial charge < -0.3 is 4.42 Å². The van der Waals surface area contributed by atoms with E-state index in [9.17, 15) is 4.79 Å². The predicted octanol–water partition coefficient (Wildman–Crippen LogP) is 3.43. The Morgan fingerprint density at radius 1 is 1.59 bits per heavy atom. The van der Waals surface area contributed by atoms with Crippen molar-refractivity contribution in [3.63, 3.8) is 0 Å². The Hall–Kier alpha value is -0.850. The van der Waals surface area contributed by atoms with Crippen molar-refractivity contribution >= 4 is 56.2 Å². The van der Waals surface area contributed by atoms with Crippen LogP contribution >= 0.6 is 39.9 Å². The summed E-state index contributed by atoms with van der Waals surface area (Å²) >= 11 is 9.60. The maximum absolute atomic E-state index is 12.0. The van der Waals surface area contributed by atoms with Gasteiger partial charge in [-0.05, 0) is 28.1 Å². The van der Waals surface area contributed by atoms with E-state index in [1.807, 2.05) is 0 Å². The van der Waals surface area contributed by atoms with Gasteiger partial charge in [0.1, 0.15) is 10.1 Å². The van der Waals surface area contributed by atoms with E-state index in [1.54, 1.807) is 24.3 Å². The number of hydrogen-bond acceptors (Lipinski definition) is 4. The summed E-state index contributed by atoms with van der Waals surface area (Å²) in [5.74, 6) is 0.517. The third-order valence-corrected chi connectivity index (χ3v) is 3.86. The van der Waals surface area contributed by atoms with Crippen molar-refractivity contribution in [2.45, 2.75) is 0 Å². The molecule has 0 aliphatic carbocycles. The Balaban J connectivity index is 2.24. The number of thiocarbonyl (C=S) groups is 1. The minimum atomic E-state index is -0.104. The first-order valence-electron chi connectivity index (χ1n) is 4.73. The molecular weight excluding hydrogens is 322 g/mol. The molecule has 0 unspecified atom stereocenters. The van der Waals surface area contributed by atoms with E-state index in [0.717, 1.165) is 0 Å². The number of halogens is 1. The quantitative estimate of drug-likeness (QED) is 0.483. The van der Waals surface area contributed by atoms with E-state index in [1.165, 1.54) is 16.7 Å². The van der Waals surface area contributed by atoms with Crippen LogP contribution in [0.3, 0.4) is 0 Å². The summed E-state index contributed by atoms with van der Waals surface area (Å²) in [5.41, 5.74) is 0. The molecule has 1 aliphatic heterocycles. The van der Waals surface area contributed by atoms with E-state index >= 15 is 0 Å². The normalized spacial score (nSPS) is 18.2. The molecule has 0 bridgehead atoms. The van der Waals surface area contributed by atoms with Crippen LogP contribution in [0.5, 0.6) is 0 Å². The number of thioether (sulfide) groups is 1. The van der Waals surface area contributed by atoms with Gasteiger partial charge in [0.05, 0.1) is 4.91 Å². The summed E-state index contributed by atoms with van der Waals surface area (Å²) in [4.78, 5) is 14.0. The second-order valence-corrected chi connectivity index (χ2v) is 5.68. The SMILES string of the molecule is C=CCN1C(=O)C(=Cc2ccc(Br)o2)SC1=S. The summed E-state index contributed by atoms with van der Waals surface area (Å²) in [6.45, 7) is 4.03. The lowest BCUT2D eigenvalue weighted by Gasteiger charge is -2.10. The van der Waals surface area contributed by atoms with Crippen molar-refractivity contribution in [2.75, 3.05) is 6.54 Å². The molecule has 3 nitrogen and oxygen atoms in total. The van der Waals surface area contributed by atoms with Crippen LogP contribution in [0, 0.1) is 0 Å². The Kier molecular flexibility index (Phi) is 3.86. The number of carbonyl (C=O) groups excluding carboxylic acids is 1. The molecule has 0 saturated carbocycles. The standard InChI is InChI=1S/C11H8BrNO2S2/c1-2-5-13-10(14)8(17-11(13)16)6-7-3-4-9(12)15-7/h2-4,6H,1,5H2. The lowest BCUT2D eigenvalue weighted by Crippen LogP contribution is -2.27. The van der Waals surface area contributed by atoms with Crippen LogP contribution in [0.1, 0.15) is 5.76 Å². The lowest BCUT2D eigenvalue weighted by molar-refractivity contribution is -0.121. The van der Waals surface area contributed by atoms with Crippen LogP contribution in [0.4, 0.5) is 0 Å². The second kappa shape index (κ2) is 5.20. The van der Waals surface area contributed by atoms with E-state index < -0.39 is 0 Å². The predicted molar refractivity (Wildman–Crippen MR) is 76.5 cm³/mol. The molecule has 1 fully saturated rings. The van der Waals surface area contributed by atoms with Crippen molar-refractivity contribution in [2.24, 2.45) is 0 Å². The molecular formula is C11H8BrNO2S2. The molecule has 88 valence electrons. The topological polar surface area (TPSA) is 33.5 Å². The molecule has 0 atom stereocenters. The van der Waals surface area contributed by atoms with Crippen molar-refractivity contribution in [1.82, 2.24) is 4.90 Å². The van der Waals surface area contributed by atoms with Crippen LogP contribution in [-0.2, 0) is 4.79 Å². The van der Waals surface area contributed by atoms with Gasteiger partial charge in [0, 0.05) is 12.6 Å². The zero-order chi connectivity index (χ0) is 12.4. The zero-order valence-electron chi connectivity index (χ0n) is 8.68. The zero-order valence-corrected chi connectivity index (χ0v) is 11.9. The third-order valence-electron chi connectivity index (χ3n) is 2.05. The van der Waals surface area contributed by atoms with Gasteiger partial charge in [-0.3, -0.25) is 9.69 Å². The molecule has 1 saturated heterocycles. The van der Waals surface area contributed by atoms with E-state index in [2.05, 4.69) is 22.5 Å². The summed E-state index contributed by atoms with van der Waals surface area (Å²) in [5, 5.41) is 0. The Labute approximate surface area is 117 Å². The molecule has 0 radical (unpaired) electrons. The number of carbonyl (C=O) groups is 1. The van der Waals surface area contributed by atoms with Crippen LogP contribution in [0.15, 0.2) is 38.8 Å². The molecule has 2 heterocycles. The molecule has 0 aromatic carbocycles. The second-order valence-electron chi connectivity index (χ2n) is 3.22. The maximum atomic E-state index is 12.0. The van der Waals surface area contributed by atoms with Gasteiger partial charge in [-0.1, -0.05) is 30.1 Å². The highest BCUT2D eigenvalue weighted by Crippen LogP contribution is 2.32. The van der Waals surface area contributed by atoms with Gasteiger partial charge >= 0.3 is 0 Å². The van der Waals surface area contributed by atoms with Gasteiger partial charge in [-0.25, -0.2) is 0 Å². The number of furan rings is 1. The maximum Gasteiger partial charge on any atom is 0.266 e. The minimum Gasteiger partial charge on any atom is -0.450 e. The molecule has 1 aliphatic rings. The molecule has 6 heteroatoms. The fraction of sp³-hybridized carbons (Fsp3) is 0.0909. The highest BCUT2D eigenvalue weighted by molar-refractivity contribution is 9.10. The first kappa shape index (κ1) is 12.6. The van der Waals surface area contributed by atoms with E-state index in [0.29, 0.717) is 26.2 Å². The average Bonchev–Trinajstić information content (AvgIpc) is 2.79. The highest BCUT2D eigenvalue weighted by Gasteiger charge is 2.31. The van der Waals surface area contributed by atoms with E-state index in [-0.39, 0.29) is 5.91 Å². The summed E-state index contributed by atoms with van der Waals surface area (Å²) in [6.07, 6.45) is 3.34. The molecule has 17 heavy (non-hydrogen) atoms. The summed E-state index contributed by atoms with van der Waals surface area (Å²) < 4.78 is 6.49. The van der Waals surface area contributed by atoms with Crippen molar-refractivity contribution in [3.8, 4) is 0 Å². The van der Waals surface area contributed by atoms with Gasteiger partial charge in [0.25, 0.3) is 5.91 Å². The molecule has 2 rings (SSSR count). The number of rotatable bonds is 3. The Morgan fingerprint density at radius 2 is 2.35 bits per heavy atom. The monoisotopic (exact) mass is 329 g/mol. The number of hydrogen-bond donors (Lipinski definition) is 0. The van der Waals surface area contributed by atoms with Crippen molar-refractivity contribution in [3.05, 3.63) is 40.1 Å². The van der Waals surface area contributed by atoms with E-state index in [4.69, 9.17) is 16.6 Å². The number of amides is 1.